The Morgan fingerprint density at radius 3 is 1.68 bits per heavy atom. The molecule has 3 aromatic heterocycles. The van der Waals surface area contributed by atoms with Crippen LogP contribution in [0.1, 0.15) is 37.2 Å². The Hall–Kier alpha value is -7.76. The van der Waals surface area contributed by atoms with Gasteiger partial charge in [0.05, 0.1) is 39.1 Å². The van der Waals surface area contributed by atoms with E-state index in [1.165, 1.54) is 84.5 Å². The van der Waals surface area contributed by atoms with Crippen LogP contribution in [0.4, 0.5) is 0 Å². The minimum absolute atomic E-state index is 0.139. The van der Waals surface area contributed by atoms with E-state index in [4.69, 9.17) is 14.7 Å². The molecule has 11 aromatic rings. The van der Waals surface area contributed by atoms with Crippen molar-refractivity contribution < 1.29 is 4.74 Å². The van der Waals surface area contributed by atoms with Crippen molar-refractivity contribution in [1.82, 2.24) is 19.1 Å². The highest BCUT2D eigenvalue weighted by Crippen LogP contribution is 2.53. The number of nitrogens with zero attached hydrogens (tertiary/aromatic N) is 4. The minimum Gasteiger partial charge on any atom is -0.489 e. The van der Waals surface area contributed by atoms with Gasteiger partial charge in [0.2, 0.25) is 0 Å². The van der Waals surface area contributed by atoms with E-state index in [-0.39, 0.29) is 6.10 Å². The molecule has 2 atom stereocenters. The predicted molar refractivity (Wildman–Crippen MR) is 258 cm³/mol. The summed E-state index contributed by atoms with van der Waals surface area (Å²) >= 11 is 0. The second-order valence-corrected chi connectivity index (χ2v) is 17.1. The van der Waals surface area contributed by atoms with E-state index in [0.717, 1.165) is 46.7 Å². The van der Waals surface area contributed by atoms with Crippen LogP contribution in [0.2, 0.25) is 0 Å². The lowest BCUT2D eigenvalue weighted by atomic mass is 9.82. The quantitative estimate of drug-likeness (QED) is 0.168. The zero-order valence-corrected chi connectivity index (χ0v) is 34.7. The first-order valence-electron chi connectivity index (χ1n) is 22.2. The largest absolute Gasteiger partial charge is 0.489 e. The van der Waals surface area contributed by atoms with Crippen molar-refractivity contribution in [3.05, 3.63) is 200 Å². The lowest BCUT2D eigenvalue weighted by Crippen LogP contribution is -2.22. The van der Waals surface area contributed by atoms with Gasteiger partial charge in [0.25, 0.3) is 0 Å². The lowest BCUT2D eigenvalue weighted by molar-refractivity contribution is 0.164. The summed E-state index contributed by atoms with van der Waals surface area (Å²) in [4.78, 5) is 10.4. The first-order chi connectivity index (χ1) is 31.2. The molecule has 0 saturated heterocycles. The Labute approximate surface area is 365 Å². The standard InChI is InChI=1S/C58H42N4O/c1-4-16-37(17-5-1)48-36-49(60-58(59-48)38-18-6-2-7-19-38)44-30-33-54(56-45-24-12-15-27-55(45)63-57(44)56)62-51-26-14-11-23-43(51)47-35-40(29-32-53(47)62)39-28-31-52-46(34-39)42-22-10-13-25-50(42)61(52)41-20-8-3-9-21-41/h1-11,13-14,16-23,25-26,28-36,45,55H,12,15,24,27H2. The molecule has 5 nitrogen and oxygen atoms in total. The maximum absolute atomic E-state index is 7.15. The molecule has 0 bridgehead atoms. The maximum atomic E-state index is 7.15. The zero-order chi connectivity index (χ0) is 41.4. The first-order valence-corrected chi connectivity index (χ1v) is 22.2. The molecule has 8 aromatic carbocycles. The average molecular weight is 811 g/mol. The van der Waals surface area contributed by atoms with Gasteiger partial charge in [-0.15, -0.1) is 0 Å². The Balaban J connectivity index is 0.988. The Bertz CT molecular complexity index is 3490. The summed E-state index contributed by atoms with van der Waals surface area (Å²) in [5, 5.41) is 4.99. The van der Waals surface area contributed by atoms with Crippen molar-refractivity contribution in [3.63, 3.8) is 0 Å². The number of para-hydroxylation sites is 3. The van der Waals surface area contributed by atoms with Gasteiger partial charge in [-0.1, -0.05) is 134 Å². The van der Waals surface area contributed by atoms with Crippen molar-refractivity contribution in [2.75, 3.05) is 0 Å². The van der Waals surface area contributed by atoms with E-state index < -0.39 is 0 Å². The third-order valence-corrected chi connectivity index (χ3v) is 13.6. The molecule has 1 aliphatic heterocycles. The summed E-state index contributed by atoms with van der Waals surface area (Å²) in [6.45, 7) is 0. The molecule has 13 rings (SSSR count). The molecule has 2 unspecified atom stereocenters. The van der Waals surface area contributed by atoms with Gasteiger partial charge < -0.3 is 13.9 Å². The summed E-state index contributed by atoms with van der Waals surface area (Å²) < 4.78 is 12.0. The summed E-state index contributed by atoms with van der Waals surface area (Å²) in [6.07, 6.45) is 4.67. The molecule has 0 N–H and O–H groups in total. The summed E-state index contributed by atoms with van der Waals surface area (Å²) in [5.41, 5.74) is 15.7. The number of fused-ring (bicyclic) bond motifs is 9. The van der Waals surface area contributed by atoms with Crippen LogP contribution in [-0.4, -0.2) is 25.2 Å². The summed E-state index contributed by atoms with van der Waals surface area (Å²) in [7, 11) is 0. The Morgan fingerprint density at radius 1 is 0.429 bits per heavy atom. The number of hydrogen-bond donors (Lipinski definition) is 0. The van der Waals surface area contributed by atoms with Gasteiger partial charge in [0.1, 0.15) is 11.9 Å². The molecule has 0 radical (unpaired) electrons. The van der Waals surface area contributed by atoms with Crippen molar-refractivity contribution >= 4 is 43.6 Å². The number of aromatic nitrogens is 4. The first kappa shape index (κ1) is 35.9. The second kappa shape index (κ2) is 14.4. The molecule has 1 aliphatic carbocycles. The fraction of sp³-hybridized carbons (Fsp3) is 0.103. The highest BCUT2D eigenvalue weighted by molar-refractivity contribution is 6.13. The van der Waals surface area contributed by atoms with Gasteiger partial charge in [-0.3, -0.25) is 0 Å². The van der Waals surface area contributed by atoms with E-state index in [1.807, 2.05) is 24.3 Å². The minimum atomic E-state index is 0.139. The second-order valence-electron chi connectivity index (χ2n) is 17.1. The van der Waals surface area contributed by atoms with Crippen LogP contribution >= 0.6 is 0 Å². The molecule has 300 valence electrons. The molecular formula is C58H42N4O. The monoisotopic (exact) mass is 810 g/mol. The normalized spacial score (nSPS) is 15.8. The molecule has 0 amide bonds. The highest BCUT2D eigenvalue weighted by atomic mass is 16.5. The Kier molecular flexibility index (Phi) is 8.23. The smallest absolute Gasteiger partial charge is 0.160 e. The van der Waals surface area contributed by atoms with Gasteiger partial charge in [0, 0.05) is 55.4 Å². The summed E-state index contributed by atoms with van der Waals surface area (Å²) in [5.74, 6) is 1.97. The molecule has 1 fully saturated rings. The van der Waals surface area contributed by atoms with Gasteiger partial charge in [0.15, 0.2) is 5.82 Å². The van der Waals surface area contributed by atoms with E-state index in [2.05, 4.69) is 179 Å². The molecule has 4 heterocycles. The Morgan fingerprint density at radius 2 is 0.984 bits per heavy atom. The van der Waals surface area contributed by atoms with Crippen LogP contribution in [0, 0.1) is 0 Å². The average Bonchev–Trinajstić information content (AvgIpc) is 4.02. The zero-order valence-electron chi connectivity index (χ0n) is 34.7. The fourth-order valence-corrected chi connectivity index (χ4v) is 10.7. The van der Waals surface area contributed by atoms with Crippen molar-refractivity contribution in [1.29, 1.82) is 0 Å². The number of rotatable bonds is 6. The highest BCUT2D eigenvalue weighted by Gasteiger charge is 2.40. The van der Waals surface area contributed by atoms with Crippen LogP contribution < -0.4 is 4.74 Å². The summed E-state index contributed by atoms with van der Waals surface area (Å²) in [6, 6.07) is 69.8. The van der Waals surface area contributed by atoms with Crippen LogP contribution in [0.5, 0.6) is 5.75 Å². The van der Waals surface area contributed by atoms with Crippen LogP contribution in [-0.2, 0) is 0 Å². The van der Waals surface area contributed by atoms with Gasteiger partial charge >= 0.3 is 0 Å². The van der Waals surface area contributed by atoms with E-state index >= 15 is 0 Å². The van der Waals surface area contributed by atoms with Gasteiger partial charge in [-0.05, 0) is 97.1 Å². The predicted octanol–water partition coefficient (Wildman–Crippen LogP) is 14.8. The van der Waals surface area contributed by atoms with Crippen LogP contribution in [0.25, 0.3) is 100 Å². The van der Waals surface area contributed by atoms with Crippen molar-refractivity contribution in [3.8, 4) is 62.2 Å². The van der Waals surface area contributed by atoms with E-state index in [9.17, 15) is 0 Å². The van der Waals surface area contributed by atoms with Crippen molar-refractivity contribution in [2.24, 2.45) is 0 Å². The van der Waals surface area contributed by atoms with Crippen LogP contribution in [0.3, 0.4) is 0 Å². The molecule has 1 saturated carbocycles. The fourth-order valence-electron chi connectivity index (χ4n) is 10.7. The number of hydrogen-bond acceptors (Lipinski definition) is 3. The van der Waals surface area contributed by atoms with Gasteiger partial charge in [-0.2, -0.15) is 0 Å². The topological polar surface area (TPSA) is 44.9 Å². The van der Waals surface area contributed by atoms with Gasteiger partial charge in [-0.25, -0.2) is 9.97 Å². The SMILES string of the molecule is c1ccc(-c2cc(-c3ccc(-n4c5ccccc5c5cc(-c6ccc7c(c6)c6ccccc6n7-c6ccccc6)ccc54)c4c3OC3CCCCC43)nc(-c3ccccc3)n2)cc1. The lowest BCUT2D eigenvalue weighted by Gasteiger charge is -2.25. The molecule has 63 heavy (non-hydrogen) atoms. The third-order valence-electron chi connectivity index (χ3n) is 13.6. The number of ether oxygens (including phenoxy) is 1. The molecule has 5 heteroatoms. The number of benzene rings is 8. The maximum Gasteiger partial charge on any atom is 0.160 e. The van der Waals surface area contributed by atoms with Crippen LogP contribution in [0.15, 0.2) is 194 Å². The van der Waals surface area contributed by atoms with E-state index in [0.29, 0.717) is 11.7 Å². The molecular weight excluding hydrogens is 769 g/mol. The van der Waals surface area contributed by atoms with Crippen molar-refractivity contribution in [2.45, 2.75) is 37.7 Å². The third kappa shape index (κ3) is 5.76. The van der Waals surface area contributed by atoms with E-state index in [1.54, 1.807) is 0 Å². The molecule has 2 aliphatic rings. The molecule has 0 spiro atoms.